The largest absolute Gasteiger partial charge is 0.490 e. The predicted molar refractivity (Wildman–Crippen MR) is 140 cm³/mol. The molecule has 37 heavy (non-hydrogen) atoms. The number of aromatic nitrogens is 1. The van der Waals surface area contributed by atoms with Gasteiger partial charge in [-0.25, -0.2) is 14.0 Å². The fraction of sp³-hybridized carbons (Fsp3) is 0.333. The average Bonchev–Trinajstić information content (AvgIpc) is 3.46. The third-order valence-electron chi connectivity index (χ3n) is 6.33. The van der Waals surface area contributed by atoms with Gasteiger partial charge in [0.15, 0.2) is 0 Å². The third kappa shape index (κ3) is 6.85. The zero-order valence-electron chi connectivity index (χ0n) is 20.3. The van der Waals surface area contributed by atoms with E-state index >= 15 is 0 Å². The molecule has 1 aliphatic heterocycles. The number of aliphatic hydroxyl groups is 1. The Labute approximate surface area is 216 Å². The molecule has 4 aromatic rings. The zero-order valence-corrected chi connectivity index (χ0v) is 21.1. The first kappa shape index (κ1) is 26.6. The van der Waals surface area contributed by atoms with E-state index in [9.17, 15) is 9.50 Å². The van der Waals surface area contributed by atoms with E-state index in [4.69, 9.17) is 24.5 Å². The van der Waals surface area contributed by atoms with Crippen LogP contribution in [0.2, 0.25) is 0 Å². The summed E-state index contributed by atoms with van der Waals surface area (Å²) in [6.45, 7) is 4.84. The van der Waals surface area contributed by atoms with Gasteiger partial charge in [-0.05, 0) is 86.6 Å². The van der Waals surface area contributed by atoms with Gasteiger partial charge in [0, 0.05) is 32.7 Å². The van der Waals surface area contributed by atoms with Gasteiger partial charge in [-0.2, -0.15) is 0 Å². The van der Waals surface area contributed by atoms with E-state index in [1.807, 2.05) is 31.2 Å². The van der Waals surface area contributed by atoms with E-state index in [-0.39, 0.29) is 12.4 Å². The molecule has 1 fully saturated rings. The molecule has 0 saturated carbocycles. The minimum Gasteiger partial charge on any atom is -0.490 e. The van der Waals surface area contributed by atoms with Crippen molar-refractivity contribution < 1.29 is 34.0 Å². The number of nitrogens with one attached hydrogen (secondary N) is 1. The normalized spacial score (nSPS) is 15.3. The summed E-state index contributed by atoms with van der Waals surface area (Å²) >= 11 is 1.78. The van der Waals surface area contributed by atoms with Crippen molar-refractivity contribution in [1.82, 2.24) is 9.88 Å². The minimum atomic E-state index is -1.82. The van der Waals surface area contributed by atoms with Crippen molar-refractivity contribution in [2.45, 2.75) is 31.8 Å². The fourth-order valence-corrected chi connectivity index (χ4v) is 5.78. The molecule has 0 radical (unpaired) electrons. The molecular formula is C27H29FN2O6S. The zero-order chi connectivity index (χ0) is 26.5. The first-order valence-electron chi connectivity index (χ1n) is 12.0. The Balaban J connectivity index is 0.000000480. The van der Waals surface area contributed by atoms with Gasteiger partial charge in [0.05, 0.1) is 0 Å². The number of benzene rings is 2. The van der Waals surface area contributed by atoms with Crippen molar-refractivity contribution in [3.05, 3.63) is 64.9 Å². The summed E-state index contributed by atoms with van der Waals surface area (Å²) < 4.78 is 20.6. The average molecular weight is 529 g/mol. The number of aryl methyl sites for hydroxylation is 1. The standard InChI is InChI=1S/C25H27FN2O2S.C2H2O4/c1-16-11-21-22(27-16)3-2-4-23(21)30-15-20(29)14-28-9-7-17(8-10-28)25-13-18-12-19(26)5-6-24(18)31-25;3-1(4)2(5)6/h2-6,11-13,17,20,27,29H,7-10,14-15H2,1H3;(H,3,4)(H,5,6)/t20-;/m0./s1. The second-order valence-corrected chi connectivity index (χ2v) is 10.3. The van der Waals surface area contributed by atoms with Gasteiger partial charge >= 0.3 is 11.9 Å². The maximum atomic E-state index is 13.5. The number of aliphatic carboxylic acids is 2. The SMILES string of the molecule is Cc1cc2c(OC[C@@H](O)CN3CCC(c4cc5cc(F)ccc5s4)CC3)cccc2[nH]1.O=C(O)C(=O)O. The summed E-state index contributed by atoms with van der Waals surface area (Å²) in [6.07, 6.45) is 1.59. The van der Waals surface area contributed by atoms with E-state index in [1.165, 1.54) is 10.9 Å². The molecule has 1 atom stereocenters. The lowest BCUT2D eigenvalue weighted by Crippen LogP contribution is -2.40. The molecule has 196 valence electrons. The van der Waals surface area contributed by atoms with E-state index < -0.39 is 18.0 Å². The van der Waals surface area contributed by atoms with Gasteiger partial charge < -0.3 is 29.9 Å². The number of fused-ring (bicyclic) bond motifs is 2. The Bertz CT molecular complexity index is 1380. The minimum absolute atomic E-state index is 0.175. The molecule has 2 aromatic heterocycles. The summed E-state index contributed by atoms with van der Waals surface area (Å²) in [5.74, 6) is -2.50. The number of aliphatic hydroxyl groups excluding tert-OH is 1. The van der Waals surface area contributed by atoms with Crippen LogP contribution in [0.1, 0.15) is 29.3 Å². The van der Waals surface area contributed by atoms with Crippen molar-refractivity contribution in [1.29, 1.82) is 0 Å². The van der Waals surface area contributed by atoms with Crippen LogP contribution in [0, 0.1) is 12.7 Å². The molecule has 0 amide bonds. The van der Waals surface area contributed by atoms with Crippen LogP contribution in [-0.4, -0.2) is 69.5 Å². The van der Waals surface area contributed by atoms with Crippen LogP contribution in [0.25, 0.3) is 21.0 Å². The Kier molecular flexibility index (Phi) is 8.42. The number of hydrogen-bond acceptors (Lipinski definition) is 6. The van der Waals surface area contributed by atoms with Crippen molar-refractivity contribution >= 4 is 44.3 Å². The first-order valence-corrected chi connectivity index (χ1v) is 12.8. The number of carboxylic acid groups (broad SMARTS) is 2. The molecule has 8 nitrogen and oxygen atoms in total. The summed E-state index contributed by atoms with van der Waals surface area (Å²) in [7, 11) is 0. The second kappa shape index (κ2) is 11.7. The van der Waals surface area contributed by atoms with Crippen LogP contribution in [0.5, 0.6) is 5.75 Å². The molecule has 0 aliphatic carbocycles. The summed E-state index contributed by atoms with van der Waals surface area (Å²) in [4.78, 5) is 25.2. The first-order chi connectivity index (χ1) is 17.7. The number of ether oxygens (including phenoxy) is 1. The van der Waals surface area contributed by atoms with E-state index in [1.54, 1.807) is 17.4 Å². The molecule has 1 aliphatic rings. The number of nitrogens with zero attached hydrogens (tertiary/aromatic N) is 1. The van der Waals surface area contributed by atoms with Crippen molar-refractivity contribution in [3.8, 4) is 5.75 Å². The van der Waals surface area contributed by atoms with Gasteiger partial charge in [-0.15, -0.1) is 11.3 Å². The Morgan fingerprint density at radius 3 is 2.57 bits per heavy atom. The molecule has 0 unspecified atom stereocenters. The highest BCUT2D eigenvalue weighted by Crippen LogP contribution is 2.36. The van der Waals surface area contributed by atoms with Gasteiger partial charge in [0.1, 0.15) is 24.3 Å². The smallest absolute Gasteiger partial charge is 0.414 e. The number of halogens is 1. The fourth-order valence-electron chi connectivity index (χ4n) is 4.57. The molecule has 0 bridgehead atoms. The van der Waals surface area contributed by atoms with Crippen LogP contribution in [0.3, 0.4) is 0 Å². The summed E-state index contributed by atoms with van der Waals surface area (Å²) in [6, 6.07) is 15.2. The van der Waals surface area contributed by atoms with Gasteiger partial charge in [-0.3, -0.25) is 0 Å². The monoisotopic (exact) mass is 528 g/mol. The topological polar surface area (TPSA) is 123 Å². The van der Waals surface area contributed by atoms with Crippen LogP contribution < -0.4 is 4.74 Å². The quantitative estimate of drug-likeness (QED) is 0.270. The Morgan fingerprint density at radius 1 is 1.14 bits per heavy atom. The van der Waals surface area contributed by atoms with Crippen molar-refractivity contribution in [2.24, 2.45) is 0 Å². The van der Waals surface area contributed by atoms with E-state index in [0.717, 1.165) is 58.4 Å². The number of hydrogen-bond donors (Lipinski definition) is 4. The number of piperidine rings is 1. The Morgan fingerprint density at radius 2 is 1.86 bits per heavy atom. The summed E-state index contributed by atoms with van der Waals surface area (Å²) in [5, 5.41) is 27.4. The van der Waals surface area contributed by atoms with Crippen LogP contribution in [-0.2, 0) is 9.59 Å². The molecule has 1 saturated heterocycles. The number of likely N-dealkylation sites (tertiary alicyclic amines) is 1. The molecule has 2 aromatic carbocycles. The molecule has 0 spiro atoms. The van der Waals surface area contributed by atoms with Crippen LogP contribution in [0.15, 0.2) is 48.5 Å². The third-order valence-corrected chi connectivity index (χ3v) is 7.61. The van der Waals surface area contributed by atoms with Gasteiger partial charge in [-0.1, -0.05) is 6.07 Å². The van der Waals surface area contributed by atoms with E-state index in [0.29, 0.717) is 12.5 Å². The maximum Gasteiger partial charge on any atom is 0.414 e. The second-order valence-electron chi connectivity index (χ2n) is 9.15. The number of thiophene rings is 1. The highest BCUT2D eigenvalue weighted by atomic mass is 32.1. The number of aromatic amines is 1. The molecule has 10 heteroatoms. The molecule has 3 heterocycles. The Hall–Kier alpha value is -3.47. The molecular weight excluding hydrogens is 499 g/mol. The summed E-state index contributed by atoms with van der Waals surface area (Å²) in [5.41, 5.74) is 2.15. The van der Waals surface area contributed by atoms with Gasteiger partial charge in [0.2, 0.25) is 0 Å². The highest BCUT2D eigenvalue weighted by Gasteiger charge is 2.24. The van der Waals surface area contributed by atoms with Gasteiger partial charge in [0.25, 0.3) is 0 Å². The highest BCUT2D eigenvalue weighted by molar-refractivity contribution is 7.19. The number of β-amino-alcohol motifs (C(OH)–C–C–N with tert-alkyl or cyclic N) is 1. The van der Waals surface area contributed by atoms with Crippen molar-refractivity contribution in [2.75, 3.05) is 26.2 Å². The number of H-pyrrole nitrogens is 1. The van der Waals surface area contributed by atoms with Crippen LogP contribution in [0.4, 0.5) is 4.39 Å². The number of rotatable bonds is 6. The number of carbonyl (C=O) groups is 2. The lowest BCUT2D eigenvalue weighted by atomic mass is 9.95. The lowest BCUT2D eigenvalue weighted by Gasteiger charge is -2.32. The molecule has 4 N–H and O–H groups in total. The van der Waals surface area contributed by atoms with E-state index in [2.05, 4.69) is 22.0 Å². The number of carboxylic acids is 2. The lowest BCUT2D eigenvalue weighted by molar-refractivity contribution is -0.159. The van der Waals surface area contributed by atoms with Crippen molar-refractivity contribution in [3.63, 3.8) is 0 Å². The van der Waals surface area contributed by atoms with Crippen LogP contribution >= 0.6 is 11.3 Å². The molecule has 5 rings (SSSR count). The predicted octanol–water partition coefficient (Wildman–Crippen LogP) is 4.61. The maximum absolute atomic E-state index is 13.5.